The number of unbranched alkanes of at least 4 members (excludes halogenated alkanes) is 1. The molecule has 0 amide bonds. The Balaban J connectivity index is 3.91. The molecule has 0 aromatic carbocycles. The lowest BCUT2D eigenvalue weighted by Gasteiger charge is -2.16. The fourth-order valence-corrected chi connectivity index (χ4v) is 2.09. The summed E-state index contributed by atoms with van der Waals surface area (Å²) in [5.41, 5.74) is 0.327. The predicted octanol–water partition coefficient (Wildman–Crippen LogP) is 3.75. The number of hydrogen-bond donors (Lipinski definition) is 0. The molecule has 1 unspecified atom stereocenters. The van der Waals surface area contributed by atoms with Crippen LogP contribution in [0.4, 0.5) is 0 Å². The standard InChI is InChI=1S/C16H24O4S2/c1-4-13(11-19-16(18)12(2)3)20-15(17)8-6-5-7-14(22)9-10-21/h10,13H,2,4-9,11H2,1,3H3. The SMILES string of the molecule is C=C(C)C(=O)OCC(CC)OC(=O)CCCCC(=S)CC=S. The van der Waals surface area contributed by atoms with E-state index in [9.17, 15) is 9.59 Å². The van der Waals surface area contributed by atoms with Crippen molar-refractivity contribution in [3.05, 3.63) is 12.2 Å². The molecule has 0 fully saturated rings. The maximum Gasteiger partial charge on any atom is 0.333 e. The highest BCUT2D eigenvalue weighted by Gasteiger charge is 2.15. The maximum atomic E-state index is 11.7. The van der Waals surface area contributed by atoms with Crippen LogP contribution < -0.4 is 0 Å². The van der Waals surface area contributed by atoms with E-state index in [0.29, 0.717) is 24.8 Å². The van der Waals surface area contributed by atoms with E-state index in [0.717, 1.165) is 24.1 Å². The van der Waals surface area contributed by atoms with E-state index in [1.54, 1.807) is 12.3 Å². The molecule has 0 saturated heterocycles. The summed E-state index contributed by atoms with van der Waals surface area (Å²) in [6.07, 6.45) is 3.55. The molecule has 0 aliphatic rings. The van der Waals surface area contributed by atoms with Crippen molar-refractivity contribution in [1.82, 2.24) is 0 Å². The molecule has 0 bridgehead atoms. The first kappa shape index (κ1) is 20.9. The second-order valence-electron chi connectivity index (χ2n) is 5.02. The zero-order valence-corrected chi connectivity index (χ0v) is 14.9. The van der Waals surface area contributed by atoms with Crippen LogP contribution >= 0.6 is 24.4 Å². The van der Waals surface area contributed by atoms with Gasteiger partial charge in [0, 0.05) is 18.4 Å². The number of ether oxygens (including phenoxy) is 2. The van der Waals surface area contributed by atoms with Gasteiger partial charge in [-0.05, 0) is 42.8 Å². The number of hydrogen-bond acceptors (Lipinski definition) is 6. The van der Waals surface area contributed by atoms with Crippen molar-refractivity contribution in [2.24, 2.45) is 0 Å². The van der Waals surface area contributed by atoms with E-state index in [2.05, 4.69) is 6.58 Å². The van der Waals surface area contributed by atoms with Crippen LogP contribution in [0.3, 0.4) is 0 Å². The van der Waals surface area contributed by atoms with E-state index < -0.39 is 12.1 Å². The second kappa shape index (κ2) is 12.4. The van der Waals surface area contributed by atoms with Gasteiger partial charge in [0.1, 0.15) is 12.7 Å². The van der Waals surface area contributed by atoms with Crippen molar-refractivity contribution < 1.29 is 19.1 Å². The maximum absolute atomic E-state index is 11.7. The van der Waals surface area contributed by atoms with Crippen LogP contribution in [0.2, 0.25) is 0 Å². The average Bonchev–Trinajstić information content (AvgIpc) is 2.47. The van der Waals surface area contributed by atoms with Crippen LogP contribution in [0.5, 0.6) is 0 Å². The molecule has 0 N–H and O–H groups in total. The highest BCUT2D eigenvalue weighted by molar-refractivity contribution is 7.81. The Hall–Kier alpha value is -1.14. The lowest BCUT2D eigenvalue weighted by Crippen LogP contribution is -2.24. The van der Waals surface area contributed by atoms with Crippen molar-refractivity contribution in [3.8, 4) is 0 Å². The molecule has 0 aromatic rings. The van der Waals surface area contributed by atoms with Gasteiger partial charge in [0.2, 0.25) is 0 Å². The summed E-state index contributed by atoms with van der Waals surface area (Å²) < 4.78 is 10.3. The largest absolute Gasteiger partial charge is 0.459 e. The molecular weight excluding hydrogens is 320 g/mol. The minimum Gasteiger partial charge on any atom is -0.459 e. The monoisotopic (exact) mass is 344 g/mol. The first-order valence-electron chi connectivity index (χ1n) is 7.38. The average molecular weight is 344 g/mol. The Morgan fingerprint density at radius 2 is 1.91 bits per heavy atom. The van der Waals surface area contributed by atoms with Gasteiger partial charge in [-0.2, -0.15) is 0 Å². The molecule has 0 aliphatic heterocycles. The van der Waals surface area contributed by atoms with E-state index in [1.165, 1.54) is 0 Å². The molecule has 6 heteroatoms. The Bertz CT molecular complexity index is 418. The van der Waals surface area contributed by atoms with Gasteiger partial charge in [0.05, 0.1) is 0 Å². The second-order valence-corrected chi connectivity index (χ2v) is 5.93. The third-order valence-electron chi connectivity index (χ3n) is 2.90. The smallest absolute Gasteiger partial charge is 0.333 e. The number of thiocarbonyl (C=S) groups is 2. The van der Waals surface area contributed by atoms with Gasteiger partial charge in [-0.15, -0.1) is 0 Å². The van der Waals surface area contributed by atoms with E-state index >= 15 is 0 Å². The fourth-order valence-electron chi connectivity index (χ4n) is 1.56. The molecule has 0 heterocycles. The van der Waals surface area contributed by atoms with Crippen LogP contribution in [0.25, 0.3) is 0 Å². The van der Waals surface area contributed by atoms with Crippen LogP contribution in [0.15, 0.2) is 12.2 Å². The van der Waals surface area contributed by atoms with Gasteiger partial charge in [0.15, 0.2) is 0 Å². The first-order valence-corrected chi connectivity index (χ1v) is 8.26. The molecule has 1 atom stereocenters. The third kappa shape index (κ3) is 10.6. The van der Waals surface area contributed by atoms with Gasteiger partial charge in [-0.25, -0.2) is 4.79 Å². The third-order valence-corrected chi connectivity index (χ3v) is 3.44. The minimum absolute atomic E-state index is 0.0622. The number of rotatable bonds is 12. The molecule has 0 aromatic heterocycles. The highest BCUT2D eigenvalue weighted by atomic mass is 32.1. The quantitative estimate of drug-likeness (QED) is 0.233. The number of carbonyl (C=O) groups excluding carboxylic acids is 2. The normalized spacial score (nSPS) is 11.4. The lowest BCUT2D eigenvalue weighted by atomic mass is 10.1. The molecule has 22 heavy (non-hydrogen) atoms. The van der Waals surface area contributed by atoms with Crippen molar-refractivity contribution in [3.63, 3.8) is 0 Å². The zero-order valence-electron chi connectivity index (χ0n) is 13.3. The van der Waals surface area contributed by atoms with Gasteiger partial charge in [-0.3, -0.25) is 4.79 Å². The van der Waals surface area contributed by atoms with Crippen LogP contribution in [0, 0.1) is 0 Å². The summed E-state index contributed by atoms with van der Waals surface area (Å²) in [6, 6.07) is 0. The van der Waals surface area contributed by atoms with Gasteiger partial charge < -0.3 is 9.47 Å². The van der Waals surface area contributed by atoms with E-state index in [4.69, 9.17) is 33.9 Å². The van der Waals surface area contributed by atoms with Crippen molar-refractivity contribution in [2.45, 2.75) is 58.5 Å². The highest BCUT2D eigenvalue weighted by Crippen LogP contribution is 2.08. The van der Waals surface area contributed by atoms with Gasteiger partial charge in [0.25, 0.3) is 0 Å². The Morgan fingerprint density at radius 1 is 1.27 bits per heavy atom. The summed E-state index contributed by atoms with van der Waals surface area (Å²) >= 11 is 9.87. The van der Waals surface area contributed by atoms with Crippen LogP contribution in [-0.4, -0.2) is 34.9 Å². The first-order chi connectivity index (χ1) is 10.4. The van der Waals surface area contributed by atoms with Gasteiger partial charge in [-0.1, -0.05) is 37.9 Å². The predicted molar refractivity (Wildman–Crippen MR) is 95.3 cm³/mol. The molecule has 124 valence electrons. The Kier molecular flexibility index (Phi) is 11.8. The fraction of sp³-hybridized carbons (Fsp3) is 0.625. The lowest BCUT2D eigenvalue weighted by molar-refractivity contribution is -0.157. The minimum atomic E-state index is -0.471. The van der Waals surface area contributed by atoms with Crippen molar-refractivity contribution in [1.29, 1.82) is 0 Å². The summed E-state index contributed by atoms with van der Waals surface area (Å²) in [6.45, 7) is 7.00. The summed E-state index contributed by atoms with van der Waals surface area (Å²) in [7, 11) is 0. The van der Waals surface area contributed by atoms with Crippen LogP contribution in [-0.2, 0) is 19.1 Å². The summed E-state index contributed by atoms with van der Waals surface area (Å²) in [5.74, 6) is -0.750. The summed E-state index contributed by atoms with van der Waals surface area (Å²) in [4.78, 5) is 23.9. The Morgan fingerprint density at radius 3 is 2.45 bits per heavy atom. The molecule has 0 rings (SSSR count). The Labute approximate surface area is 143 Å². The van der Waals surface area contributed by atoms with E-state index in [1.807, 2.05) is 6.92 Å². The molecule has 4 nitrogen and oxygen atoms in total. The molecule has 0 saturated carbocycles. The number of carbonyl (C=O) groups is 2. The molecule has 0 aliphatic carbocycles. The van der Waals surface area contributed by atoms with Crippen LogP contribution in [0.1, 0.15) is 52.4 Å². The zero-order chi connectivity index (χ0) is 17.0. The molecule has 0 spiro atoms. The van der Waals surface area contributed by atoms with Gasteiger partial charge >= 0.3 is 11.9 Å². The topological polar surface area (TPSA) is 52.6 Å². The van der Waals surface area contributed by atoms with Crippen molar-refractivity contribution in [2.75, 3.05) is 6.61 Å². The molecular formula is C16H24O4S2. The van der Waals surface area contributed by atoms with E-state index in [-0.39, 0.29) is 12.6 Å². The molecule has 0 radical (unpaired) electrons. The summed E-state index contributed by atoms with van der Waals surface area (Å²) in [5, 5.41) is 1.62. The number of esters is 2. The van der Waals surface area contributed by atoms with Crippen molar-refractivity contribution >= 4 is 46.6 Å².